The zero-order valence-corrected chi connectivity index (χ0v) is 10.9. The molecule has 18 heavy (non-hydrogen) atoms. The minimum atomic E-state index is 0.303. The normalized spacial score (nSPS) is 20.3. The number of morpholine rings is 1. The van der Waals surface area contributed by atoms with Crippen LogP contribution in [-0.2, 0) is 4.74 Å². The van der Waals surface area contributed by atoms with Gasteiger partial charge in [0.1, 0.15) is 0 Å². The Hall–Kier alpha value is -1.39. The van der Waals surface area contributed by atoms with Crippen LogP contribution >= 0.6 is 11.6 Å². The number of benzene rings is 1. The van der Waals surface area contributed by atoms with Crippen molar-refractivity contribution in [3.8, 4) is 0 Å². The third-order valence-corrected chi connectivity index (χ3v) is 3.54. The minimum absolute atomic E-state index is 0.303. The quantitative estimate of drug-likeness (QED) is 0.792. The number of fused-ring (bicyclic) bond motifs is 1. The molecule has 1 saturated heterocycles. The van der Waals surface area contributed by atoms with Crippen molar-refractivity contribution < 1.29 is 4.74 Å². The lowest BCUT2D eigenvalue weighted by molar-refractivity contribution is 0.0986. The third-order valence-electron chi connectivity index (χ3n) is 3.26. The van der Waals surface area contributed by atoms with Gasteiger partial charge in [-0.3, -0.25) is 0 Å². The molecule has 0 amide bonds. The Labute approximate surface area is 111 Å². The van der Waals surface area contributed by atoms with Crippen LogP contribution in [0.4, 0.5) is 5.82 Å². The summed E-state index contributed by atoms with van der Waals surface area (Å²) >= 11 is 6.09. The van der Waals surface area contributed by atoms with E-state index >= 15 is 0 Å². The number of ether oxygens (including phenoxy) is 1. The molecule has 3 rings (SSSR count). The molecular formula is C13H14ClN3O. The summed E-state index contributed by atoms with van der Waals surface area (Å²) < 4.78 is 5.45. The molecule has 1 aromatic heterocycles. The van der Waals surface area contributed by atoms with E-state index < -0.39 is 0 Å². The molecule has 0 radical (unpaired) electrons. The third kappa shape index (κ3) is 1.91. The van der Waals surface area contributed by atoms with Crippen molar-refractivity contribution in [2.45, 2.75) is 13.0 Å². The molecule has 1 atom stereocenters. The highest BCUT2D eigenvalue weighted by molar-refractivity contribution is 6.34. The van der Waals surface area contributed by atoms with E-state index in [1.54, 1.807) is 0 Å². The predicted octanol–water partition coefficient (Wildman–Crippen LogP) is 2.51. The van der Waals surface area contributed by atoms with Crippen molar-refractivity contribution in [2.75, 3.05) is 24.7 Å². The Balaban J connectivity index is 2.14. The lowest BCUT2D eigenvalue weighted by atomic mass is 10.1. The monoisotopic (exact) mass is 263 g/mol. The Morgan fingerprint density at radius 1 is 1.28 bits per heavy atom. The average Bonchev–Trinajstić information content (AvgIpc) is 2.41. The molecule has 1 fully saturated rings. The lowest BCUT2D eigenvalue weighted by Gasteiger charge is -2.34. The van der Waals surface area contributed by atoms with Gasteiger partial charge in [0.2, 0.25) is 0 Å². The maximum atomic E-state index is 6.09. The van der Waals surface area contributed by atoms with Crippen molar-refractivity contribution in [1.82, 2.24) is 10.2 Å². The van der Waals surface area contributed by atoms with Crippen molar-refractivity contribution in [3.05, 3.63) is 29.4 Å². The first kappa shape index (κ1) is 11.7. The van der Waals surface area contributed by atoms with Gasteiger partial charge >= 0.3 is 0 Å². The minimum Gasteiger partial charge on any atom is -0.377 e. The van der Waals surface area contributed by atoms with Gasteiger partial charge in [0, 0.05) is 17.3 Å². The number of halogens is 1. The van der Waals surface area contributed by atoms with Gasteiger partial charge in [-0.1, -0.05) is 35.9 Å². The first-order valence-electron chi connectivity index (χ1n) is 6.02. The second kappa shape index (κ2) is 4.71. The summed E-state index contributed by atoms with van der Waals surface area (Å²) in [6.07, 6.45) is 0. The van der Waals surface area contributed by atoms with Gasteiger partial charge in [0.15, 0.2) is 11.0 Å². The van der Waals surface area contributed by atoms with Crippen LogP contribution in [0, 0.1) is 0 Å². The zero-order valence-electron chi connectivity index (χ0n) is 10.1. The maximum Gasteiger partial charge on any atom is 0.159 e. The molecule has 1 aromatic carbocycles. The standard InChI is InChI=1S/C13H14ClN3O/c1-9-8-18-7-6-17(9)13-11-5-3-2-4-10(11)12(14)15-16-13/h2-5,9H,6-8H2,1H3. The SMILES string of the molecule is CC1COCCN1c1nnc(Cl)c2ccccc12. The number of hydrogen-bond acceptors (Lipinski definition) is 4. The molecule has 94 valence electrons. The lowest BCUT2D eigenvalue weighted by Crippen LogP contribution is -2.44. The van der Waals surface area contributed by atoms with Gasteiger partial charge < -0.3 is 9.64 Å². The molecule has 0 bridgehead atoms. The first-order chi connectivity index (χ1) is 8.77. The molecule has 0 spiro atoms. The molecule has 1 unspecified atom stereocenters. The van der Waals surface area contributed by atoms with Crippen LogP contribution in [0.3, 0.4) is 0 Å². The molecule has 1 aliphatic heterocycles. The zero-order chi connectivity index (χ0) is 12.5. The summed E-state index contributed by atoms with van der Waals surface area (Å²) in [6.45, 7) is 4.41. The van der Waals surface area contributed by atoms with Crippen LogP contribution in [0.25, 0.3) is 10.8 Å². The van der Waals surface area contributed by atoms with Gasteiger partial charge in [-0.05, 0) is 6.92 Å². The average molecular weight is 264 g/mol. The van der Waals surface area contributed by atoms with Crippen molar-refractivity contribution in [1.29, 1.82) is 0 Å². The van der Waals surface area contributed by atoms with Crippen LogP contribution in [0.5, 0.6) is 0 Å². The van der Waals surface area contributed by atoms with E-state index in [2.05, 4.69) is 22.0 Å². The molecule has 0 saturated carbocycles. The molecule has 0 aliphatic carbocycles. The first-order valence-corrected chi connectivity index (χ1v) is 6.40. The van der Waals surface area contributed by atoms with Crippen LogP contribution in [-0.4, -0.2) is 36.0 Å². The van der Waals surface area contributed by atoms with Crippen molar-refractivity contribution in [2.24, 2.45) is 0 Å². The van der Waals surface area contributed by atoms with E-state index in [1.165, 1.54) is 0 Å². The Morgan fingerprint density at radius 2 is 2.06 bits per heavy atom. The van der Waals surface area contributed by atoms with E-state index in [4.69, 9.17) is 16.3 Å². The molecule has 2 aromatic rings. The van der Waals surface area contributed by atoms with Gasteiger partial charge in [-0.2, -0.15) is 0 Å². The topological polar surface area (TPSA) is 38.2 Å². The van der Waals surface area contributed by atoms with E-state index in [0.29, 0.717) is 11.2 Å². The smallest absolute Gasteiger partial charge is 0.159 e. The second-order valence-corrected chi connectivity index (χ2v) is 4.84. The summed E-state index contributed by atoms with van der Waals surface area (Å²) in [5, 5.41) is 10.8. The highest BCUT2D eigenvalue weighted by Crippen LogP contribution is 2.29. The Kier molecular flexibility index (Phi) is 3.06. The fourth-order valence-corrected chi connectivity index (χ4v) is 2.51. The Bertz CT molecular complexity index is 575. The summed E-state index contributed by atoms with van der Waals surface area (Å²) in [5.74, 6) is 0.894. The van der Waals surface area contributed by atoms with Crippen LogP contribution < -0.4 is 4.90 Å². The van der Waals surface area contributed by atoms with Crippen molar-refractivity contribution >= 4 is 28.2 Å². The van der Waals surface area contributed by atoms with E-state index in [9.17, 15) is 0 Å². The summed E-state index contributed by atoms with van der Waals surface area (Å²) in [6, 6.07) is 8.27. The second-order valence-electron chi connectivity index (χ2n) is 4.48. The number of rotatable bonds is 1. The molecule has 0 N–H and O–H groups in total. The maximum absolute atomic E-state index is 6.09. The van der Waals surface area contributed by atoms with E-state index in [-0.39, 0.29) is 0 Å². The number of nitrogens with zero attached hydrogens (tertiary/aromatic N) is 3. The van der Waals surface area contributed by atoms with Crippen molar-refractivity contribution in [3.63, 3.8) is 0 Å². The molecule has 1 aliphatic rings. The predicted molar refractivity (Wildman–Crippen MR) is 72.2 cm³/mol. The number of aromatic nitrogens is 2. The van der Waals surface area contributed by atoms with Gasteiger partial charge in [-0.25, -0.2) is 0 Å². The molecule has 2 heterocycles. The molecule has 5 heteroatoms. The fraction of sp³-hybridized carbons (Fsp3) is 0.385. The van der Waals surface area contributed by atoms with E-state index in [0.717, 1.165) is 36.3 Å². The van der Waals surface area contributed by atoms with Gasteiger partial charge in [0.05, 0.1) is 19.3 Å². The summed E-state index contributed by atoms with van der Waals surface area (Å²) in [5.41, 5.74) is 0. The van der Waals surface area contributed by atoms with Crippen LogP contribution in [0.15, 0.2) is 24.3 Å². The summed E-state index contributed by atoms with van der Waals surface area (Å²) in [4.78, 5) is 2.23. The number of hydrogen-bond donors (Lipinski definition) is 0. The van der Waals surface area contributed by atoms with Crippen LogP contribution in [0.2, 0.25) is 5.15 Å². The van der Waals surface area contributed by atoms with Gasteiger partial charge in [-0.15, -0.1) is 10.2 Å². The summed E-state index contributed by atoms with van der Waals surface area (Å²) in [7, 11) is 0. The molecular weight excluding hydrogens is 250 g/mol. The highest BCUT2D eigenvalue weighted by Gasteiger charge is 2.22. The highest BCUT2D eigenvalue weighted by atomic mass is 35.5. The fourth-order valence-electron chi connectivity index (χ4n) is 2.31. The Morgan fingerprint density at radius 3 is 2.83 bits per heavy atom. The van der Waals surface area contributed by atoms with Crippen LogP contribution in [0.1, 0.15) is 6.92 Å². The largest absolute Gasteiger partial charge is 0.377 e. The van der Waals surface area contributed by atoms with E-state index in [1.807, 2.05) is 24.3 Å². The molecule has 4 nitrogen and oxygen atoms in total. The van der Waals surface area contributed by atoms with Gasteiger partial charge in [0.25, 0.3) is 0 Å². The number of anilines is 1.